The highest BCUT2D eigenvalue weighted by molar-refractivity contribution is 5.94. The molecule has 3 aromatic rings. The van der Waals surface area contributed by atoms with Crippen molar-refractivity contribution in [2.24, 2.45) is 0 Å². The van der Waals surface area contributed by atoms with Gasteiger partial charge in [-0.15, -0.1) is 0 Å². The SMILES string of the molecule is C=C/C(=C\N(C)C)C(O)c1ccc(F)c(-c2ncnc3cc(N4CCOCC4)ccc23)c1. The van der Waals surface area contributed by atoms with E-state index in [1.54, 1.807) is 24.4 Å². The lowest BCUT2D eigenvalue weighted by Crippen LogP contribution is -2.36. The van der Waals surface area contributed by atoms with E-state index in [2.05, 4.69) is 21.4 Å². The fourth-order valence-corrected chi connectivity index (χ4v) is 3.90. The quantitative estimate of drug-likeness (QED) is 0.593. The van der Waals surface area contributed by atoms with Gasteiger partial charge in [-0.05, 0) is 35.9 Å². The Morgan fingerprint density at radius 1 is 1.19 bits per heavy atom. The van der Waals surface area contributed by atoms with E-state index in [-0.39, 0.29) is 0 Å². The molecule has 0 spiro atoms. The minimum atomic E-state index is -0.935. The van der Waals surface area contributed by atoms with Crippen molar-refractivity contribution in [2.75, 3.05) is 45.3 Å². The van der Waals surface area contributed by atoms with Gasteiger partial charge in [0, 0.05) is 55.6 Å². The molecule has 0 saturated carbocycles. The van der Waals surface area contributed by atoms with Crippen molar-refractivity contribution in [3.05, 3.63) is 78.5 Å². The number of aliphatic hydroxyl groups is 1. The zero-order chi connectivity index (χ0) is 22.7. The molecule has 1 N–H and O–H groups in total. The summed E-state index contributed by atoms with van der Waals surface area (Å²) in [5.41, 5.74) is 3.79. The summed E-state index contributed by atoms with van der Waals surface area (Å²) >= 11 is 0. The molecule has 1 aromatic heterocycles. The van der Waals surface area contributed by atoms with Crippen molar-refractivity contribution in [2.45, 2.75) is 6.10 Å². The molecule has 6 nitrogen and oxygen atoms in total. The fraction of sp³-hybridized carbons (Fsp3) is 0.280. The van der Waals surface area contributed by atoms with Crippen molar-refractivity contribution in [3.8, 4) is 11.3 Å². The van der Waals surface area contributed by atoms with Crippen molar-refractivity contribution in [1.82, 2.24) is 14.9 Å². The number of anilines is 1. The molecule has 1 unspecified atom stereocenters. The molecule has 0 aliphatic carbocycles. The maximum absolute atomic E-state index is 14.9. The monoisotopic (exact) mass is 434 g/mol. The van der Waals surface area contributed by atoms with Crippen molar-refractivity contribution in [1.29, 1.82) is 0 Å². The van der Waals surface area contributed by atoms with E-state index in [9.17, 15) is 9.50 Å². The van der Waals surface area contributed by atoms with Crippen LogP contribution < -0.4 is 4.90 Å². The van der Waals surface area contributed by atoms with Crippen LogP contribution >= 0.6 is 0 Å². The Hall–Kier alpha value is -3.29. The first kappa shape index (κ1) is 21.9. The predicted molar refractivity (Wildman–Crippen MR) is 125 cm³/mol. The van der Waals surface area contributed by atoms with E-state index in [1.807, 2.05) is 37.2 Å². The van der Waals surface area contributed by atoms with Gasteiger partial charge in [0.15, 0.2) is 0 Å². The molecule has 1 aliphatic rings. The number of morpholine rings is 1. The number of aromatic nitrogens is 2. The Bertz CT molecular complexity index is 1160. The third-order valence-corrected chi connectivity index (χ3v) is 5.52. The predicted octanol–water partition coefficient (Wildman–Crippen LogP) is 3.94. The first-order valence-corrected chi connectivity index (χ1v) is 10.5. The number of ether oxygens (including phenoxy) is 1. The van der Waals surface area contributed by atoms with E-state index in [0.717, 1.165) is 29.7 Å². The summed E-state index contributed by atoms with van der Waals surface area (Å²) in [7, 11) is 3.73. The second-order valence-electron chi connectivity index (χ2n) is 7.96. The number of rotatable bonds is 6. The molecule has 0 radical (unpaired) electrons. The van der Waals surface area contributed by atoms with E-state index >= 15 is 0 Å². The molecule has 0 amide bonds. The number of halogens is 1. The molecule has 1 saturated heterocycles. The second-order valence-corrected chi connectivity index (χ2v) is 7.96. The third kappa shape index (κ3) is 4.49. The summed E-state index contributed by atoms with van der Waals surface area (Å²) in [4.78, 5) is 12.9. The lowest BCUT2D eigenvalue weighted by Gasteiger charge is -2.29. The lowest BCUT2D eigenvalue weighted by molar-refractivity contribution is 0.122. The van der Waals surface area contributed by atoms with Crippen molar-refractivity contribution < 1.29 is 14.2 Å². The maximum Gasteiger partial charge on any atom is 0.132 e. The summed E-state index contributed by atoms with van der Waals surface area (Å²) < 4.78 is 20.3. The Labute approximate surface area is 187 Å². The number of hydrogen-bond donors (Lipinski definition) is 1. The van der Waals surface area contributed by atoms with Gasteiger partial charge in [0.2, 0.25) is 0 Å². The summed E-state index contributed by atoms with van der Waals surface area (Å²) in [6.45, 7) is 6.83. The molecular formula is C25H27FN4O2. The van der Waals surface area contributed by atoms with Crippen molar-refractivity contribution >= 4 is 16.6 Å². The van der Waals surface area contributed by atoms with E-state index in [1.165, 1.54) is 12.4 Å². The van der Waals surface area contributed by atoms with Gasteiger partial charge in [-0.25, -0.2) is 14.4 Å². The minimum Gasteiger partial charge on any atom is -0.384 e. The fourth-order valence-electron chi connectivity index (χ4n) is 3.90. The Morgan fingerprint density at radius 2 is 1.97 bits per heavy atom. The smallest absolute Gasteiger partial charge is 0.132 e. The molecule has 2 heterocycles. The molecular weight excluding hydrogens is 407 g/mol. The number of hydrogen-bond acceptors (Lipinski definition) is 6. The molecule has 1 atom stereocenters. The topological polar surface area (TPSA) is 61.7 Å². The molecule has 1 fully saturated rings. The van der Waals surface area contributed by atoms with Gasteiger partial charge in [-0.2, -0.15) is 0 Å². The lowest BCUT2D eigenvalue weighted by atomic mass is 9.97. The highest BCUT2D eigenvalue weighted by Crippen LogP contribution is 2.33. The number of benzene rings is 2. The van der Waals surface area contributed by atoms with Crippen LogP contribution in [-0.4, -0.2) is 60.4 Å². The van der Waals surface area contributed by atoms with Crippen molar-refractivity contribution in [3.63, 3.8) is 0 Å². The molecule has 2 aromatic carbocycles. The van der Waals surface area contributed by atoms with Gasteiger partial charge in [-0.3, -0.25) is 0 Å². The van der Waals surface area contributed by atoms with E-state index in [0.29, 0.717) is 35.6 Å². The average Bonchev–Trinajstić information content (AvgIpc) is 2.82. The van der Waals surface area contributed by atoms with Crippen LogP contribution in [0.2, 0.25) is 0 Å². The molecule has 166 valence electrons. The van der Waals surface area contributed by atoms with Gasteiger partial charge in [0.05, 0.1) is 24.4 Å². The van der Waals surface area contributed by atoms with Crippen LogP contribution in [-0.2, 0) is 4.74 Å². The minimum absolute atomic E-state index is 0.321. The molecule has 4 rings (SSSR count). The largest absolute Gasteiger partial charge is 0.384 e. The van der Waals surface area contributed by atoms with Gasteiger partial charge in [0.1, 0.15) is 18.2 Å². The Morgan fingerprint density at radius 3 is 2.69 bits per heavy atom. The van der Waals surface area contributed by atoms with Gasteiger partial charge in [0.25, 0.3) is 0 Å². The van der Waals surface area contributed by atoms with Crippen LogP contribution in [0.25, 0.3) is 22.2 Å². The van der Waals surface area contributed by atoms with Gasteiger partial charge < -0.3 is 19.6 Å². The van der Waals surface area contributed by atoms with Crippen LogP contribution in [0, 0.1) is 5.82 Å². The summed E-state index contributed by atoms with van der Waals surface area (Å²) in [6.07, 6.45) is 3.90. The third-order valence-electron chi connectivity index (χ3n) is 5.52. The summed E-state index contributed by atoms with van der Waals surface area (Å²) in [6, 6.07) is 10.5. The number of nitrogens with zero attached hydrogens (tertiary/aromatic N) is 4. The number of fused-ring (bicyclic) bond motifs is 1. The second kappa shape index (κ2) is 9.46. The van der Waals surface area contributed by atoms with Gasteiger partial charge in [-0.1, -0.05) is 18.7 Å². The van der Waals surface area contributed by atoms with E-state index in [4.69, 9.17) is 4.74 Å². The first-order valence-electron chi connectivity index (χ1n) is 10.5. The first-order chi connectivity index (χ1) is 15.5. The summed E-state index contributed by atoms with van der Waals surface area (Å²) in [5.74, 6) is -0.407. The highest BCUT2D eigenvalue weighted by atomic mass is 19.1. The molecule has 0 bridgehead atoms. The van der Waals surface area contributed by atoms with Crippen LogP contribution in [0.1, 0.15) is 11.7 Å². The average molecular weight is 435 g/mol. The molecule has 7 heteroatoms. The Kier molecular flexibility index (Phi) is 6.48. The van der Waals surface area contributed by atoms with Crippen LogP contribution in [0.5, 0.6) is 0 Å². The highest BCUT2D eigenvalue weighted by Gasteiger charge is 2.18. The standard InChI is InChI=1S/C25H27FN4O2/c1-4-17(15-29(2)3)25(31)18-5-8-22(26)21(13-18)24-20-7-6-19(14-23(20)27-16-28-24)30-9-11-32-12-10-30/h4-8,13-16,25,31H,1,9-12H2,2-3H3/b17-15+. The van der Waals surface area contributed by atoms with Crippen LogP contribution in [0.4, 0.5) is 10.1 Å². The maximum atomic E-state index is 14.9. The molecule has 32 heavy (non-hydrogen) atoms. The van der Waals surface area contributed by atoms with Crippen LogP contribution in [0.15, 0.2) is 67.2 Å². The van der Waals surface area contributed by atoms with Crippen LogP contribution in [0.3, 0.4) is 0 Å². The summed E-state index contributed by atoms with van der Waals surface area (Å²) in [5, 5.41) is 11.6. The Balaban J connectivity index is 1.75. The van der Waals surface area contributed by atoms with Gasteiger partial charge >= 0.3 is 0 Å². The normalized spacial score (nSPS) is 15.6. The zero-order valence-corrected chi connectivity index (χ0v) is 18.3. The zero-order valence-electron chi connectivity index (χ0n) is 18.3. The molecule has 1 aliphatic heterocycles. The number of aliphatic hydroxyl groups excluding tert-OH is 1. The van der Waals surface area contributed by atoms with E-state index < -0.39 is 11.9 Å².